The van der Waals surface area contributed by atoms with Crippen LogP contribution in [0.3, 0.4) is 0 Å². The van der Waals surface area contributed by atoms with E-state index in [4.69, 9.17) is 4.74 Å². The third-order valence-electron chi connectivity index (χ3n) is 2.84. The van der Waals surface area contributed by atoms with E-state index in [0.717, 1.165) is 15.8 Å². The molecule has 2 rings (SSSR count). The molecule has 0 spiro atoms. The van der Waals surface area contributed by atoms with Crippen LogP contribution in [0.2, 0.25) is 0 Å². The third-order valence-corrected chi connectivity index (χ3v) is 3.95. The molecule has 0 aliphatic rings. The van der Waals surface area contributed by atoms with Crippen molar-refractivity contribution in [2.45, 2.75) is 26.4 Å². The number of nitrogens with one attached hydrogen (secondary N) is 1. The molecule has 0 amide bonds. The van der Waals surface area contributed by atoms with Gasteiger partial charge < -0.3 is 10.1 Å². The fourth-order valence-corrected chi connectivity index (χ4v) is 2.62. The van der Waals surface area contributed by atoms with Crippen molar-refractivity contribution in [3.8, 4) is 11.5 Å². The molecule has 1 N–H and O–H groups in total. The van der Waals surface area contributed by atoms with Crippen molar-refractivity contribution >= 4 is 31.9 Å². The lowest BCUT2D eigenvalue weighted by molar-refractivity contribution is 0.464. The summed E-state index contributed by atoms with van der Waals surface area (Å²) < 4.78 is 20.6. The SMILES string of the molecule is CC(C)NCc1cc(Br)ccc1Oc1ccc(F)cc1Br. The average molecular weight is 417 g/mol. The van der Waals surface area contributed by atoms with Gasteiger partial charge in [-0.25, -0.2) is 4.39 Å². The van der Waals surface area contributed by atoms with Crippen LogP contribution in [-0.4, -0.2) is 6.04 Å². The van der Waals surface area contributed by atoms with E-state index in [1.54, 1.807) is 6.07 Å². The highest BCUT2D eigenvalue weighted by Gasteiger charge is 2.09. The molecule has 0 aliphatic heterocycles. The van der Waals surface area contributed by atoms with Gasteiger partial charge in [0.15, 0.2) is 0 Å². The van der Waals surface area contributed by atoms with E-state index in [0.29, 0.717) is 22.8 Å². The predicted molar refractivity (Wildman–Crippen MR) is 90.3 cm³/mol. The zero-order valence-corrected chi connectivity index (χ0v) is 15.0. The van der Waals surface area contributed by atoms with Gasteiger partial charge in [-0.2, -0.15) is 0 Å². The Hall–Kier alpha value is -0.910. The number of rotatable bonds is 5. The topological polar surface area (TPSA) is 21.3 Å². The van der Waals surface area contributed by atoms with Crippen LogP contribution in [0.4, 0.5) is 4.39 Å². The Kier molecular flexibility index (Phi) is 5.79. The lowest BCUT2D eigenvalue weighted by Gasteiger charge is -2.15. The van der Waals surface area contributed by atoms with E-state index in [2.05, 4.69) is 51.0 Å². The molecule has 0 heterocycles. The van der Waals surface area contributed by atoms with Crippen molar-refractivity contribution in [3.63, 3.8) is 0 Å². The minimum Gasteiger partial charge on any atom is -0.456 e. The van der Waals surface area contributed by atoms with Crippen LogP contribution < -0.4 is 10.1 Å². The molecule has 0 saturated carbocycles. The smallest absolute Gasteiger partial charge is 0.141 e. The molecular weight excluding hydrogens is 401 g/mol. The molecule has 0 fully saturated rings. The molecule has 0 radical (unpaired) electrons. The number of hydrogen-bond acceptors (Lipinski definition) is 2. The van der Waals surface area contributed by atoms with Gasteiger partial charge >= 0.3 is 0 Å². The summed E-state index contributed by atoms with van der Waals surface area (Å²) in [7, 11) is 0. The Balaban J connectivity index is 2.26. The van der Waals surface area contributed by atoms with Gasteiger partial charge in [0, 0.05) is 22.6 Å². The third kappa shape index (κ3) is 4.80. The summed E-state index contributed by atoms with van der Waals surface area (Å²) in [6, 6.07) is 10.6. The zero-order chi connectivity index (χ0) is 15.4. The number of hydrogen-bond donors (Lipinski definition) is 1. The molecule has 0 aliphatic carbocycles. The summed E-state index contributed by atoms with van der Waals surface area (Å²) in [5.74, 6) is 1.04. The normalized spacial score (nSPS) is 11.0. The maximum Gasteiger partial charge on any atom is 0.141 e. The van der Waals surface area contributed by atoms with Crippen molar-refractivity contribution in [3.05, 3.63) is 56.7 Å². The minimum atomic E-state index is -0.299. The lowest BCUT2D eigenvalue weighted by Crippen LogP contribution is -2.22. The molecule has 21 heavy (non-hydrogen) atoms. The second-order valence-electron chi connectivity index (χ2n) is 4.96. The monoisotopic (exact) mass is 415 g/mol. The highest BCUT2D eigenvalue weighted by molar-refractivity contribution is 9.10. The summed E-state index contributed by atoms with van der Waals surface area (Å²) >= 11 is 6.79. The first-order chi connectivity index (χ1) is 9.95. The van der Waals surface area contributed by atoms with Crippen molar-refractivity contribution in [2.75, 3.05) is 0 Å². The Bertz CT molecular complexity index is 632. The van der Waals surface area contributed by atoms with Crippen LogP contribution in [0, 0.1) is 5.82 Å². The molecule has 2 nitrogen and oxygen atoms in total. The first-order valence-corrected chi connectivity index (χ1v) is 8.19. The van der Waals surface area contributed by atoms with Crippen molar-refractivity contribution in [1.82, 2.24) is 5.32 Å². The maximum absolute atomic E-state index is 13.1. The van der Waals surface area contributed by atoms with Crippen molar-refractivity contribution in [2.24, 2.45) is 0 Å². The van der Waals surface area contributed by atoms with Gasteiger partial charge in [0.25, 0.3) is 0 Å². The Morgan fingerprint density at radius 1 is 1.10 bits per heavy atom. The first-order valence-electron chi connectivity index (χ1n) is 6.60. The number of ether oxygens (including phenoxy) is 1. The molecule has 0 saturated heterocycles. The van der Waals surface area contributed by atoms with Gasteiger partial charge in [-0.1, -0.05) is 29.8 Å². The second kappa shape index (κ2) is 7.38. The van der Waals surface area contributed by atoms with E-state index < -0.39 is 0 Å². The standard InChI is InChI=1S/C16H16Br2FNO/c1-10(2)20-9-11-7-12(17)3-5-15(11)21-16-6-4-13(19)8-14(16)18/h3-8,10,20H,9H2,1-2H3. The fraction of sp³-hybridized carbons (Fsp3) is 0.250. The molecule has 2 aromatic carbocycles. The average Bonchev–Trinajstić information content (AvgIpc) is 2.41. The highest BCUT2D eigenvalue weighted by Crippen LogP contribution is 2.33. The molecule has 112 valence electrons. The predicted octanol–water partition coefficient (Wildman–Crippen LogP) is 5.64. The molecule has 0 bridgehead atoms. The van der Waals surface area contributed by atoms with Crippen LogP contribution in [0.25, 0.3) is 0 Å². The molecule has 0 unspecified atom stereocenters. The summed E-state index contributed by atoms with van der Waals surface area (Å²) in [4.78, 5) is 0. The number of benzene rings is 2. The molecule has 0 atom stereocenters. The summed E-state index contributed by atoms with van der Waals surface area (Å²) in [6.45, 7) is 4.88. The Morgan fingerprint density at radius 2 is 1.81 bits per heavy atom. The molecule has 5 heteroatoms. The van der Waals surface area contributed by atoms with E-state index in [1.807, 2.05) is 18.2 Å². The van der Waals surface area contributed by atoms with Gasteiger partial charge in [0.1, 0.15) is 17.3 Å². The van der Waals surface area contributed by atoms with Gasteiger partial charge in [-0.05, 0) is 52.3 Å². The van der Waals surface area contributed by atoms with Gasteiger partial charge in [0.2, 0.25) is 0 Å². The zero-order valence-electron chi connectivity index (χ0n) is 11.8. The first kappa shape index (κ1) is 16.5. The number of halogens is 3. The van der Waals surface area contributed by atoms with Gasteiger partial charge in [-0.3, -0.25) is 0 Å². The molecular formula is C16H16Br2FNO. The van der Waals surface area contributed by atoms with Crippen LogP contribution in [-0.2, 0) is 6.54 Å². The fourth-order valence-electron chi connectivity index (χ4n) is 1.78. The van der Waals surface area contributed by atoms with Crippen LogP contribution in [0.5, 0.6) is 11.5 Å². The Labute approximate surface area is 141 Å². The highest BCUT2D eigenvalue weighted by atomic mass is 79.9. The maximum atomic E-state index is 13.1. The summed E-state index contributed by atoms with van der Waals surface area (Å²) in [6.07, 6.45) is 0. The Morgan fingerprint density at radius 3 is 2.48 bits per heavy atom. The van der Waals surface area contributed by atoms with E-state index in [-0.39, 0.29) is 5.82 Å². The largest absolute Gasteiger partial charge is 0.456 e. The van der Waals surface area contributed by atoms with Gasteiger partial charge in [-0.15, -0.1) is 0 Å². The molecule has 0 aromatic heterocycles. The van der Waals surface area contributed by atoms with Gasteiger partial charge in [0.05, 0.1) is 4.47 Å². The second-order valence-corrected chi connectivity index (χ2v) is 6.73. The van der Waals surface area contributed by atoms with Crippen molar-refractivity contribution < 1.29 is 9.13 Å². The quantitative estimate of drug-likeness (QED) is 0.680. The van der Waals surface area contributed by atoms with Crippen molar-refractivity contribution in [1.29, 1.82) is 0 Å². The lowest BCUT2D eigenvalue weighted by atomic mass is 10.2. The van der Waals surface area contributed by atoms with Crippen LogP contribution in [0.1, 0.15) is 19.4 Å². The molecule has 2 aromatic rings. The summed E-state index contributed by atoms with van der Waals surface area (Å²) in [5.41, 5.74) is 1.04. The van der Waals surface area contributed by atoms with Crippen LogP contribution >= 0.6 is 31.9 Å². The van der Waals surface area contributed by atoms with E-state index in [1.165, 1.54) is 12.1 Å². The van der Waals surface area contributed by atoms with Crippen LogP contribution in [0.15, 0.2) is 45.3 Å². The van der Waals surface area contributed by atoms with E-state index >= 15 is 0 Å². The van der Waals surface area contributed by atoms with E-state index in [9.17, 15) is 4.39 Å². The minimum absolute atomic E-state index is 0.299. The summed E-state index contributed by atoms with van der Waals surface area (Å²) in [5, 5.41) is 3.37.